The van der Waals surface area contributed by atoms with Gasteiger partial charge in [0.1, 0.15) is 24.2 Å². The second-order valence-electron chi connectivity index (χ2n) is 15.6. The minimum absolute atomic E-state index is 0.00250. The zero-order valence-corrected chi connectivity index (χ0v) is 35.6. The Labute approximate surface area is 375 Å². The largest absolute Gasteiger partial charge is 0.370 e. The van der Waals surface area contributed by atoms with Gasteiger partial charge in [-0.25, -0.2) is 0 Å². The number of carbonyl (C=O) groups is 7. The molecule has 0 radical (unpaired) electrons. The third-order valence-corrected chi connectivity index (χ3v) is 10.9. The lowest BCUT2D eigenvalue weighted by molar-refractivity contribution is -0.139. The van der Waals surface area contributed by atoms with Gasteiger partial charge in [-0.15, -0.1) is 0 Å². The molecule has 0 spiro atoms. The number of nitrogens with one attached hydrogen (secondary N) is 6. The highest BCUT2D eigenvalue weighted by Crippen LogP contribution is 2.20. The summed E-state index contributed by atoms with van der Waals surface area (Å²) in [6.45, 7) is -0.865. The number of para-hydroxylation sites is 1. The highest BCUT2D eigenvalue weighted by molar-refractivity contribution is 6.08. The fourth-order valence-electron chi connectivity index (χ4n) is 7.62. The van der Waals surface area contributed by atoms with E-state index in [1.807, 2.05) is 30.3 Å². The number of primary amides is 1. The zero-order chi connectivity index (χ0) is 46.3. The number of rotatable bonds is 12. The second-order valence-corrected chi connectivity index (χ2v) is 15.6. The summed E-state index contributed by atoms with van der Waals surface area (Å²) >= 11 is 0. The van der Waals surface area contributed by atoms with Gasteiger partial charge in [0.2, 0.25) is 29.5 Å². The third kappa shape index (κ3) is 13.0. The Bertz CT molecular complexity index is 2530. The topological polar surface area (TPSA) is 289 Å². The smallest absolute Gasteiger partial charge is 0.252 e. The zero-order valence-electron chi connectivity index (χ0n) is 35.6. The van der Waals surface area contributed by atoms with E-state index < -0.39 is 72.1 Å². The lowest BCUT2D eigenvalue weighted by Gasteiger charge is -2.29. The van der Waals surface area contributed by atoms with Gasteiger partial charge >= 0.3 is 0 Å². The molecule has 12 N–H and O–H groups in total. The van der Waals surface area contributed by atoms with Gasteiger partial charge in [0, 0.05) is 56.0 Å². The van der Waals surface area contributed by atoms with Crippen molar-refractivity contribution < 1.29 is 33.6 Å². The molecule has 338 valence electrons. The van der Waals surface area contributed by atoms with Crippen LogP contribution in [0.25, 0.3) is 10.9 Å². The molecule has 6 rings (SSSR count). The van der Waals surface area contributed by atoms with Crippen LogP contribution in [0.15, 0.2) is 120 Å². The van der Waals surface area contributed by atoms with Crippen LogP contribution in [0.3, 0.4) is 0 Å². The monoisotopic (exact) mass is 883 g/mol. The quantitative estimate of drug-likeness (QED) is 0.0480. The number of nitrogens with zero attached hydrogens (tertiary/aromatic N) is 2. The third-order valence-electron chi connectivity index (χ3n) is 10.9. The van der Waals surface area contributed by atoms with E-state index in [-0.39, 0.29) is 68.8 Å². The van der Waals surface area contributed by atoms with Crippen LogP contribution in [0.1, 0.15) is 50.2 Å². The number of aromatic nitrogens is 1. The van der Waals surface area contributed by atoms with Crippen LogP contribution >= 0.6 is 0 Å². The molecule has 1 aliphatic rings. The Morgan fingerprint density at radius 1 is 0.615 bits per heavy atom. The van der Waals surface area contributed by atoms with E-state index in [4.69, 9.17) is 17.2 Å². The first-order valence-electron chi connectivity index (χ1n) is 21.2. The minimum Gasteiger partial charge on any atom is -0.370 e. The van der Waals surface area contributed by atoms with Crippen molar-refractivity contribution in [1.82, 2.24) is 36.5 Å². The standard InChI is InChI=1S/C47H53N11O7/c48-40(59)28-58-23-22-51-41(60)33-17-7-8-18-34(33)42(61)55-37(24-29-12-3-1-4-13-29)45(64)56-38(25-30-14-5-2-6-15-30)44(63)54-36(20-11-21-52-47(49)50)43(62)57-39(46(58)65)26-31-27-53-35-19-10-9-16-32(31)35/h1-10,12-19,27,36-39,53H,11,20-26,28H2,(H2,48,59)(H,51,60)(H,54,63)(H,55,61)(H,56,64)(H,57,62)(H4,49,50,52)/t36-,37-,38+,39-/m0/s1. The molecule has 1 aromatic heterocycles. The van der Waals surface area contributed by atoms with Crippen molar-refractivity contribution in [2.24, 2.45) is 22.2 Å². The van der Waals surface area contributed by atoms with Crippen LogP contribution in [0.4, 0.5) is 0 Å². The minimum atomic E-state index is -1.32. The van der Waals surface area contributed by atoms with Crippen molar-refractivity contribution in [1.29, 1.82) is 0 Å². The second kappa shape index (κ2) is 22.4. The molecule has 65 heavy (non-hydrogen) atoms. The summed E-state index contributed by atoms with van der Waals surface area (Å²) in [5.41, 5.74) is 19.5. The number of benzene rings is 4. The summed E-state index contributed by atoms with van der Waals surface area (Å²) in [5, 5.41) is 14.7. The van der Waals surface area contributed by atoms with Gasteiger partial charge in [-0.3, -0.25) is 38.6 Å². The van der Waals surface area contributed by atoms with Gasteiger partial charge in [-0.05, 0) is 47.7 Å². The van der Waals surface area contributed by atoms with Gasteiger partial charge in [0.15, 0.2) is 5.96 Å². The summed E-state index contributed by atoms with van der Waals surface area (Å²) in [5.74, 6) is -5.33. The number of H-pyrrole nitrogens is 1. The van der Waals surface area contributed by atoms with Crippen molar-refractivity contribution >= 4 is 58.2 Å². The first-order chi connectivity index (χ1) is 31.4. The molecule has 0 saturated heterocycles. The highest BCUT2D eigenvalue weighted by Gasteiger charge is 2.34. The number of aliphatic imine (C=N–C) groups is 1. The Hall–Kier alpha value is -8.02. The van der Waals surface area contributed by atoms with Crippen molar-refractivity contribution in [2.75, 3.05) is 26.2 Å². The summed E-state index contributed by atoms with van der Waals surface area (Å²) < 4.78 is 0. The number of aromatic amines is 1. The van der Waals surface area contributed by atoms with Crippen LogP contribution in [0, 0.1) is 0 Å². The molecule has 4 atom stereocenters. The molecule has 0 saturated carbocycles. The number of nitrogens with two attached hydrogens (primary N) is 3. The van der Waals surface area contributed by atoms with Crippen LogP contribution in [0.2, 0.25) is 0 Å². The highest BCUT2D eigenvalue weighted by atomic mass is 16.2. The predicted octanol–water partition coefficient (Wildman–Crippen LogP) is 0.560. The molecule has 0 bridgehead atoms. The molecule has 18 nitrogen and oxygen atoms in total. The maximum Gasteiger partial charge on any atom is 0.252 e. The number of hydrogen-bond donors (Lipinski definition) is 9. The van der Waals surface area contributed by atoms with Crippen molar-refractivity contribution in [3.63, 3.8) is 0 Å². The molecule has 1 aliphatic heterocycles. The first kappa shape index (κ1) is 46.5. The van der Waals surface area contributed by atoms with Crippen LogP contribution in [-0.4, -0.2) is 108 Å². The Morgan fingerprint density at radius 3 is 1.78 bits per heavy atom. The predicted molar refractivity (Wildman–Crippen MR) is 244 cm³/mol. The average Bonchev–Trinajstić information content (AvgIpc) is 3.71. The van der Waals surface area contributed by atoms with Crippen molar-refractivity contribution in [2.45, 2.75) is 56.3 Å². The number of carbonyl (C=O) groups excluding carboxylic acids is 7. The van der Waals surface area contributed by atoms with E-state index in [2.05, 4.69) is 36.6 Å². The maximum absolute atomic E-state index is 14.6. The van der Waals surface area contributed by atoms with Crippen LogP contribution < -0.4 is 43.8 Å². The average molecular weight is 884 g/mol. The molecule has 0 fully saturated rings. The molecule has 5 aromatic rings. The van der Waals surface area contributed by atoms with E-state index in [0.29, 0.717) is 16.7 Å². The fraction of sp³-hybridized carbons (Fsp3) is 0.277. The first-order valence-corrected chi connectivity index (χ1v) is 21.2. The van der Waals surface area contributed by atoms with E-state index in [1.54, 1.807) is 72.9 Å². The number of guanidine groups is 1. The van der Waals surface area contributed by atoms with E-state index >= 15 is 0 Å². The summed E-state index contributed by atoms with van der Waals surface area (Å²) in [6, 6.07) is 26.1. The van der Waals surface area contributed by atoms with Crippen LogP contribution in [-0.2, 0) is 43.2 Å². The summed E-state index contributed by atoms with van der Waals surface area (Å²) in [7, 11) is 0. The molecule has 7 amide bonds. The summed E-state index contributed by atoms with van der Waals surface area (Å²) in [6.07, 6.45) is 1.88. The lowest BCUT2D eigenvalue weighted by atomic mass is 10.0. The molecule has 0 aliphatic carbocycles. The Balaban J connectivity index is 1.42. The van der Waals surface area contributed by atoms with E-state index in [1.165, 1.54) is 12.1 Å². The number of hydrogen-bond acceptors (Lipinski definition) is 8. The number of fused-ring (bicyclic) bond motifs is 2. The molecule has 2 heterocycles. The van der Waals surface area contributed by atoms with Gasteiger partial charge in [0.05, 0.1) is 17.7 Å². The molecular formula is C47H53N11O7. The van der Waals surface area contributed by atoms with Crippen molar-refractivity contribution in [3.8, 4) is 0 Å². The van der Waals surface area contributed by atoms with Gasteiger partial charge in [-0.2, -0.15) is 0 Å². The number of amides is 7. The maximum atomic E-state index is 14.6. The Kier molecular flexibility index (Phi) is 16.0. The molecule has 0 unspecified atom stereocenters. The van der Waals surface area contributed by atoms with Crippen molar-refractivity contribution in [3.05, 3.63) is 143 Å². The van der Waals surface area contributed by atoms with Gasteiger partial charge in [0.25, 0.3) is 11.8 Å². The van der Waals surface area contributed by atoms with E-state index in [0.717, 1.165) is 15.8 Å². The molecular weight excluding hydrogens is 831 g/mol. The lowest BCUT2D eigenvalue weighted by Crippen LogP contribution is -2.60. The fourth-order valence-corrected chi connectivity index (χ4v) is 7.62. The summed E-state index contributed by atoms with van der Waals surface area (Å²) in [4.78, 5) is 107. The normalized spacial score (nSPS) is 19.2. The van der Waals surface area contributed by atoms with Gasteiger partial charge in [-0.1, -0.05) is 91.0 Å². The van der Waals surface area contributed by atoms with E-state index in [9.17, 15) is 33.6 Å². The molecule has 18 heteroatoms. The Morgan fingerprint density at radius 2 is 1.15 bits per heavy atom. The SMILES string of the molecule is NC(=O)CN1CCNC(=O)c2ccccc2C(=O)N[C@@H](Cc2ccccc2)C(=O)N[C@H](Cc2ccccc2)C(=O)N[C@@H](CCCN=C(N)N)C(=O)N[C@@H](Cc2c[nH]c3ccccc23)C1=O. The van der Waals surface area contributed by atoms with Gasteiger partial charge < -0.3 is 53.7 Å². The molecule has 4 aromatic carbocycles. The van der Waals surface area contributed by atoms with Crippen LogP contribution in [0.5, 0.6) is 0 Å².